The number of morpholine rings is 1. The van der Waals surface area contributed by atoms with Gasteiger partial charge in [0.25, 0.3) is 0 Å². The minimum Gasteiger partial charge on any atom is -0.379 e. The molecule has 1 unspecified atom stereocenters. The van der Waals surface area contributed by atoms with Crippen LogP contribution in [0, 0.1) is 5.82 Å². The number of halogens is 1. The molecule has 2 N–H and O–H groups in total. The maximum Gasteiger partial charge on any atom is 0.191 e. The molecule has 2 rings (SSSR count). The molecule has 0 spiro atoms. The van der Waals surface area contributed by atoms with Gasteiger partial charge in [0.1, 0.15) is 5.82 Å². The van der Waals surface area contributed by atoms with Gasteiger partial charge in [-0.25, -0.2) is 4.39 Å². The summed E-state index contributed by atoms with van der Waals surface area (Å²) in [7, 11) is 1.77. The lowest BCUT2D eigenvalue weighted by atomic mass is 10.0. The molecular formula is C18H29FN4O. The Bertz CT molecular complexity index is 533. The number of aliphatic imine (C=N–C) groups is 1. The number of hydrogen-bond acceptors (Lipinski definition) is 3. The van der Waals surface area contributed by atoms with E-state index in [1.807, 2.05) is 12.1 Å². The first-order valence-corrected chi connectivity index (χ1v) is 8.45. The predicted octanol–water partition coefficient (Wildman–Crippen LogP) is 2.16. The van der Waals surface area contributed by atoms with E-state index in [9.17, 15) is 4.39 Å². The first-order chi connectivity index (χ1) is 11.4. The molecule has 0 radical (unpaired) electrons. The van der Waals surface area contributed by atoms with E-state index >= 15 is 0 Å². The van der Waals surface area contributed by atoms with Crippen LogP contribution in [0.4, 0.5) is 4.39 Å². The Morgan fingerprint density at radius 2 is 1.88 bits per heavy atom. The van der Waals surface area contributed by atoms with E-state index in [0.29, 0.717) is 6.54 Å². The second kappa shape index (κ2) is 8.44. The summed E-state index contributed by atoms with van der Waals surface area (Å²) < 4.78 is 18.7. The van der Waals surface area contributed by atoms with Crippen LogP contribution in [0.15, 0.2) is 29.3 Å². The lowest BCUT2D eigenvalue weighted by molar-refractivity contribution is 0.0169. The Balaban J connectivity index is 2.09. The maximum absolute atomic E-state index is 13.3. The standard InChI is InChI=1S/C18H29FN4O/c1-18(2,3)22-17(20-4)21-13-16(23-9-11-24-12-10-23)14-5-7-15(19)8-6-14/h5-8,16H,9-13H2,1-4H3,(H2,20,21,22). The van der Waals surface area contributed by atoms with Crippen LogP contribution in [0.2, 0.25) is 0 Å². The largest absolute Gasteiger partial charge is 0.379 e. The van der Waals surface area contributed by atoms with Crippen molar-refractivity contribution in [2.75, 3.05) is 39.9 Å². The average molecular weight is 336 g/mol. The molecule has 134 valence electrons. The van der Waals surface area contributed by atoms with Crippen molar-refractivity contribution in [3.63, 3.8) is 0 Å². The number of hydrogen-bond donors (Lipinski definition) is 2. The Morgan fingerprint density at radius 1 is 1.25 bits per heavy atom. The van der Waals surface area contributed by atoms with E-state index in [-0.39, 0.29) is 17.4 Å². The fourth-order valence-electron chi connectivity index (χ4n) is 2.76. The lowest BCUT2D eigenvalue weighted by Gasteiger charge is -2.35. The molecule has 1 aromatic rings. The van der Waals surface area contributed by atoms with Gasteiger partial charge in [0, 0.05) is 32.2 Å². The Morgan fingerprint density at radius 3 is 2.42 bits per heavy atom. The van der Waals surface area contributed by atoms with Crippen molar-refractivity contribution in [2.45, 2.75) is 32.4 Å². The number of benzene rings is 1. The zero-order valence-electron chi connectivity index (χ0n) is 15.1. The van der Waals surface area contributed by atoms with Crippen LogP contribution in [0.25, 0.3) is 0 Å². The van der Waals surface area contributed by atoms with Crippen molar-refractivity contribution in [3.8, 4) is 0 Å². The third-order valence-corrected chi connectivity index (χ3v) is 3.92. The summed E-state index contributed by atoms with van der Waals surface area (Å²) in [6, 6.07) is 6.90. The molecule has 1 fully saturated rings. The zero-order chi connectivity index (χ0) is 17.6. The first-order valence-electron chi connectivity index (χ1n) is 8.45. The zero-order valence-corrected chi connectivity index (χ0v) is 15.1. The number of nitrogens with zero attached hydrogens (tertiary/aromatic N) is 2. The van der Waals surface area contributed by atoms with Gasteiger partial charge in [-0.3, -0.25) is 9.89 Å². The quantitative estimate of drug-likeness (QED) is 0.653. The number of nitrogens with one attached hydrogen (secondary N) is 2. The predicted molar refractivity (Wildman–Crippen MR) is 95.8 cm³/mol. The lowest BCUT2D eigenvalue weighted by Crippen LogP contribution is -2.50. The van der Waals surface area contributed by atoms with Crippen LogP contribution in [0.5, 0.6) is 0 Å². The van der Waals surface area contributed by atoms with Crippen LogP contribution in [-0.4, -0.2) is 56.3 Å². The summed E-state index contributed by atoms with van der Waals surface area (Å²) in [5.41, 5.74) is 1.03. The summed E-state index contributed by atoms with van der Waals surface area (Å²) >= 11 is 0. The fourth-order valence-corrected chi connectivity index (χ4v) is 2.76. The number of ether oxygens (including phenoxy) is 1. The van der Waals surface area contributed by atoms with E-state index in [1.165, 1.54) is 12.1 Å². The number of rotatable bonds is 4. The van der Waals surface area contributed by atoms with Gasteiger partial charge in [-0.1, -0.05) is 12.1 Å². The summed E-state index contributed by atoms with van der Waals surface area (Å²) in [6.07, 6.45) is 0. The molecule has 0 amide bonds. The van der Waals surface area contributed by atoms with Gasteiger partial charge in [-0.05, 0) is 38.5 Å². The molecule has 0 saturated carbocycles. The maximum atomic E-state index is 13.3. The highest BCUT2D eigenvalue weighted by Gasteiger charge is 2.23. The highest BCUT2D eigenvalue weighted by molar-refractivity contribution is 5.80. The van der Waals surface area contributed by atoms with E-state index in [4.69, 9.17) is 4.74 Å². The minimum absolute atomic E-state index is 0.0633. The molecule has 1 atom stereocenters. The first kappa shape index (κ1) is 18.7. The van der Waals surface area contributed by atoms with Gasteiger partial charge in [0.15, 0.2) is 5.96 Å². The third-order valence-electron chi connectivity index (χ3n) is 3.92. The Hall–Kier alpha value is -1.66. The van der Waals surface area contributed by atoms with Crippen molar-refractivity contribution in [2.24, 2.45) is 4.99 Å². The smallest absolute Gasteiger partial charge is 0.191 e. The Kier molecular flexibility index (Phi) is 6.57. The molecule has 1 aliphatic heterocycles. The summed E-state index contributed by atoms with van der Waals surface area (Å²) in [6.45, 7) is 10.2. The second-order valence-electron chi connectivity index (χ2n) is 7.04. The molecule has 1 heterocycles. The highest BCUT2D eigenvalue weighted by Crippen LogP contribution is 2.21. The Labute approximate surface area is 144 Å². The monoisotopic (exact) mass is 336 g/mol. The van der Waals surface area contributed by atoms with Crippen molar-refractivity contribution < 1.29 is 9.13 Å². The topological polar surface area (TPSA) is 48.9 Å². The van der Waals surface area contributed by atoms with Crippen LogP contribution in [-0.2, 0) is 4.74 Å². The van der Waals surface area contributed by atoms with Crippen LogP contribution >= 0.6 is 0 Å². The van der Waals surface area contributed by atoms with E-state index in [0.717, 1.165) is 37.8 Å². The van der Waals surface area contributed by atoms with Gasteiger partial charge in [-0.15, -0.1) is 0 Å². The molecule has 0 aliphatic carbocycles. The van der Waals surface area contributed by atoms with Crippen molar-refractivity contribution in [3.05, 3.63) is 35.6 Å². The molecule has 1 aliphatic rings. The molecular weight excluding hydrogens is 307 g/mol. The van der Waals surface area contributed by atoms with E-state index < -0.39 is 0 Å². The van der Waals surface area contributed by atoms with Gasteiger partial charge >= 0.3 is 0 Å². The summed E-state index contributed by atoms with van der Waals surface area (Å²) in [5.74, 6) is 0.556. The van der Waals surface area contributed by atoms with Gasteiger partial charge in [-0.2, -0.15) is 0 Å². The minimum atomic E-state index is -0.211. The molecule has 24 heavy (non-hydrogen) atoms. The molecule has 1 saturated heterocycles. The fraction of sp³-hybridized carbons (Fsp3) is 0.611. The van der Waals surface area contributed by atoms with Crippen LogP contribution in [0.3, 0.4) is 0 Å². The normalized spacial score (nSPS) is 18.3. The van der Waals surface area contributed by atoms with Crippen molar-refractivity contribution in [1.29, 1.82) is 0 Å². The van der Waals surface area contributed by atoms with Gasteiger partial charge < -0.3 is 15.4 Å². The molecule has 1 aromatic carbocycles. The summed E-state index contributed by atoms with van der Waals surface area (Å²) in [4.78, 5) is 6.66. The van der Waals surface area contributed by atoms with E-state index in [1.54, 1.807) is 7.05 Å². The van der Waals surface area contributed by atoms with E-state index in [2.05, 4.69) is 41.3 Å². The van der Waals surface area contributed by atoms with Crippen LogP contribution in [0.1, 0.15) is 32.4 Å². The van der Waals surface area contributed by atoms with Gasteiger partial charge in [0.05, 0.1) is 19.3 Å². The SMILES string of the molecule is CN=C(NCC(c1ccc(F)cc1)N1CCOCC1)NC(C)(C)C. The molecule has 0 bridgehead atoms. The third kappa shape index (κ3) is 5.76. The van der Waals surface area contributed by atoms with Crippen molar-refractivity contribution in [1.82, 2.24) is 15.5 Å². The number of guanidine groups is 1. The molecule has 5 nitrogen and oxygen atoms in total. The van der Waals surface area contributed by atoms with Gasteiger partial charge in [0.2, 0.25) is 0 Å². The molecule has 6 heteroatoms. The molecule has 0 aromatic heterocycles. The summed E-state index contributed by atoms with van der Waals surface area (Å²) in [5, 5.41) is 6.76. The highest BCUT2D eigenvalue weighted by atomic mass is 19.1. The van der Waals surface area contributed by atoms with Crippen LogP contribution < -0.4 is 10.6 Å². The second-order valence-corrected chi connectivity index (χ2v) is 7.04. The average Bonchev–Trinajstić information content (AvgIpc) is 2.55. The van der Waals surface area contributed by atoms with Crippen molar-refractivity contribution >= 4 is 5.96 Å².